The van der Waals surface area contributed by atoms with Gasteiger partial charge in [0.25, 0.3) is 5.91 Å². The highest BCUT2D eigenvalue weighted by Gasteiger charge is 2.49. The summed E-state index contributed by atoms with van der Waals surface area (Å²) in [6, 6.07) is 3.82. The van der Waals surface area contributed by atoms with Gasteiger partial charge in [-0.15, -0.1) is 11.3 Å². The average Bonchev–Trinajstić information content (AvgIpc) is 2.92. The molecule has 1 heterocycles. The average molecular weight is 306 g/mol. The van der Waals surface area contributed by atoms with Crippen molar-refractivity contribution < 1.29 is 9.53 Å². The van der Waals surface area contributed by atoms with Crippen LogP contribution in [0.4, 0.5) is 0 Å². The fourth-order valence-corrected chi connectivity index (χ4v) is 3.29. The van der Waals surface area contributed by atoms with Crippen molar-refractivity contribution in [2.24, 2.45) is 11.1 Å². The van der Waals surface area contributed by atoms with Gasteiger partial charge in [-0.25, -0.2) is 0 Å². The second-order valence-corrected chi connectivity index (χ2v) is 6.78. The second-order valence-electron chi connectivity index (χ2n) is 5.70. The van der Waals surface area contributed by atoms with Crippen LogP contribution < -0.4 is 11.1 Å². The van der Waals surface area contributed by atoms with Crippen molar-refractivity contribution in [2.75, 3.05) is 13.2 Å². The Morgan fingerprint density at radius 2 is 2.33 bits per heavy atom. The van der Waals surface area contributed by atoms with Gasteiger partial charge in [-0.2, -0.15) is 0 Å². The molecule has 1 aromatic heterocycles. The van der Waals surface area contributed by atoms with Gasteiger partial charge < -0.3 is 15.8 Å². The smallest absolute Gasteiger partial charge is 0.261 e. The van der Waals surface area contributed by atoms with E-state index in [1.54, 1.807) is 0 Å². The maximum atomic E-state index is 12.3. The Morgan fingerprint density at radius 1 is 1.57 bits per heavy atom. The maximum absolute atomic E-state index is 12.3. The number of rotatable bonds is 4. The number of nitrogens with one attached hydrogen (secondary N) is 1. The van der Waals surface area contributed by atoms with E-state index < -0.39 is 0 Å². The van der Waals surface area contributed by atoms with Crippen molar-refractivity contribution in [3.63, 3.8) is 0 Å². The number of thiophene rings is 1. The Morgan fingerprint density at radius 3 is 2.95 bits per heavy atom. The molecule has 4 nitrogen and oxygen atoms in total. The SMILES string of the molecule is CCOC1CC(NC(=O)c2ccc(C#CCN)s2)C1(C)C. The van der Waals surface area contributed by atoms with E-state index in [4.69, 9.17) is 10.5 Å². The molecule has 0 spiro atoms. The molecule has 3 N–H and O–H groups in total. The van der Waals surface area contributed by atoms with Crippen molar-refractivity contribution in [1.82, 2.24) is 5.32 Å². The van der Waals surface area contributed by atoms with Crippen LogP contribution >= 0.6 is 11.3 Å². The Hall–Kier alpha value is -1.35. The van der Waals surface area contributed by atoms with Gasteiger partial charge in [0.05, 0.1) is 22.4 Å². The summed E-state index contributed by atoms with van der Waals surface area (Å²) in [4.78, 5) is 13.8. The first kappa shape index (κ1) is 16.0. The number of amides is 1. The fraction of sp³-hybridized carbons (Fsp3) is 0.562. The zero-order chi connectivity index (χ0) is 15.5. The van der Waals surface area contributed by atoms with Crippen molar-refractivity contribution in [3.05, 3.63) is 21.9 Å². The number of hydrogen-bond acceptors (Lipinski definition) is 4. The molecule has 0 aliphatic heterocycles. The maximum Gasteiger partial charge on any atom is 0.261 e. The summed E-state index contributed by atoms with van der Waals surface area (Å²) in [5.74, 6) is 5.70. The van der Waals surface area contributed by atoms with Crippen LogP contribution in [-0.4, -0.2) is 31.2 Å². The fourth-order valence-electron chi connectivity index (χ4n) is 2.51. The van der Waals surface area contributed by atoms with Crippen molar-refractivity contribution in [1.29, 1.82) is 0 Å². The van der Waals surface area contributed by atoms with E-state index in [0.717, 1.165) is 11.3 Å². The third-order valence-electron chi connectivity index (χ3n) is 3.99. The molecule has 5 heteroatoms. The summed E-state index contributed by atoms with van der Waals surface area (Å²) < 4.78 is 5.68. The highest BCUT2D eigenvalue weighted by molar-refractivity contribution is 7.14. The van der Waals surface area contributed by atoms with Crippen LogP contribution in [0.2, 0.25) is 0 Å². The number of carbonyl (C=O) groups excluding carboxylic acids is 1. The molecule has 21 heavy (non-hydrogen) atoms. The summed E-state index contributed by atoms with van der Waals surface area (Å²) >= 11 is 1.40. The van der Waals surface area contributed by atoms with E-state index in [1.807, 2.05) is 19.1 Å². The number of hydrogen-bond donors (Lipinski definition) is 2. The first-order valence-corrected chi connectivity index (χ1v) is 8.02. The van der Waals surface area contributed by atoms with Crippen LogP contribution in [-0.2, 0) is 4.74 Å². The highest BCUT2D eigenvalue weighted by Crippen LogP contribution is 2.42. The zero-order valence-electron chi connectivity index (χ0n) is 12.7. The molecular formula is C16H22N2O2S. The van der Waals surface area contributed by atoms with Crippen LogP contribution in [0, 0.1) is 17.3 Å². The Bertz CT molecular complexity index is 568. The third kappa shape index (κ3) is 3.46. The highest BCUT2D eigenvalue weighted by atomic mass is 32.1. The van der Waals surface area contributed by atoms with Gasteiger partial charge >= 0.3 is 0 Å². The molecule has 0 saturated heterocycles. The first-order chi connectivity index (χ1) is 9.98. The van der Waals surface area contributed by atoms with Crippen molar-refractivity contribution in [2.45, 2.75) is 39.3 Å². The molecule has 1 amide bonds. The molecule has 1 fully saturated rings. The van der Waals surface area contributed by atoms with Gasteiger partial charge in [0.2, 0.25) is 0 Å². The van der Waals surface area contributed by atoms with E-state index in [-0.39, 0.29) is 23.5 Å². The largest absolute Gasteiger partial charge is 0.378 e. The van der Waals surface area contributed by atoms with Crippen LogP contribution in [0.3, 0.4) is 0 Å². The van der Waals surface area contributed by atoms with E-state index in [1.165, 1.54) is 11.3 Å². The summed E-state index contributed by atoms with van der Waals surface area (Å²) in [7, 11) is 0. The molecule has 1 aliphatic rings. The van der Waals surface area contributed by atoms with E-state index in [9.17, 15) is 4.79 Å². The lowest BCUT2D eigenvalue weighted by Gasteiger charge is -2.51. The summed E-state index contributed by atoms with van der Waals surface area (Å²) in [5.41, 5.74) is 5.32. The Labute approximate surface area is 130 Å². The summed E-state index contributed by atoms with van der Waals surface area (Å²) in [6.07, 6.45) is 1.10. The Balaban J connectivity index is 1.95. The number of ether oxygens (including phenoxy) is 1. The zero-order valence-corrected chi connectivity index (χ0v) is 13.5. The van der Waals surface area contributed by atoms with Gasteiger partial charge in [-0.1, -0.05) is 25.7 Å². The lowest BCUT2D eigenvalue weighted by molar-refractivity contribution is -0.111. The first-order valence-electron chi connectivity index (χ1n) is 7.20. The quantitative estimate of drug-likeness (QED) is 0.836. The lowest BCUT2D eigenvalue weighted by Crippen LogP contribution is -2.62. The predicted molar refractivity (Wildman–Crippen MR) is 85.3 cm³/mol. The predicted octanol–water partition coefficient (Wildman–Crippen LogP) is 1.99. The molecule has 0 bridgehead atoms. The van der Waals surface area contributed by atoms with Crippen molar-refractivity contribution in [3.8, 4) is 11.8 Å². The lowest BCUT2D eigenvalue weighted by atomic mass is 9.64. The minimum atomic E-state index is -0.0335. The third-order valence-corrected chi connectivity index (χ3v) is 4.99. The van der Waals surface area contributed by atoms with Gasteiger partial charge in [0, 0.05) is 18.1 Å². The summed E-state index contributed by atoms with van der Waals surface area (Å²) in [6.45, 7) is 7.30. The van der Waals surface area contributed by atoms with E-state index in [2.05, 4.69) is 31.0 Å². The van der Waals surface area contributed by atoms with Gasteiger partial charge in [0.15, 0.2) is 0 Å². The minimum absolute atomic E-state index is 0.0227. The molecule has 0 aromatic carbocycles. The molecule has 2 unspecified atom stereocenters. The minimum Gasteiger partial charge on any atom is -0.378 e. The van der Waals surface area contributed by atoms with Gasteiger partial charge in [0.1, 0.15) is 0 Å². The molecule has 1 aliphatic carbocycles. The van der Waals surface area contributed by atoms with Gasteiger partial charge in [-0.05, 0) is 25.5 Å². The topological polar surface area (TPSA) is 64.3 Å². The standard InChI is InChI=1S/C16H22N2O2S/c1-4-20-14-10-13(16(14,2)3)18-15(19)12-8-7-11(21-12)6-5-9-17/h7-8,13-14H,4,9-10,17H2,1-3H3,(H,18,19). The van der Waals surface area contributed by atoms with Crippen LogP contribution in [0.5, 0.6) is 0 Å². The van der Waals surface area contributed by atoms with Crippen molar-refractivity contribution >= 4 is 17.2 Å². The molecule has 2 rings (SSSR count). The van der Waals surface area contributed by atoms with E-state index in [0.29, 0.717) is 18.0 Å². The molecule has 114 valence electrons. The van der Waals surface area contributed by atoms with Gasteiger partial charge in [-0.3, -0.25) is 4.79 Å². The molecular weight excluding hydrogens is 284 g/mol. The molecule has 2 atom stereocenters. The molecule has 1 saturated carbocycles. The van der Waals surface area contributed by atoms with Crippen LogP contribution in [0.15, 0.2) is 12.1 Å². The second kappa shape index (κ2) is 6.61. The van der Waals surface area contributed by atoms with Crippen LogP contribution in [0.25, 0.3) is 0 Å². The molecule has 0 radical (unpaired) electrons. The molecule has 1 aromatic rings. The number of nitrogens with two attached hydrogens (primary N) is 1. The van der Waals surface area contributed by atoms with E-state index >= 15 is 0 Å². The number of carbonyl (C=O) groups is 1. The summed E-state index contributed by atoms with van der Waals surface area (Å²) in [5, 5.41) is 3.10. The Kier molecular flexibility index (Phi) is 5.04. The monoisotopic (exact) mass is 306 g/mol. The van der Waals surface area contributed by atoms with Crippen LogP contribution in [0.1, 0.15) is 41.7 Å². The normalized spacial score (nSPS) is 22.9.